The fourth-order valence-corrected chi connectivity index (χ4v) is 4.21. The molecule has 2 aromatic carbocycles. The Kier molecular flexibility index (Phi) is 8.25. The number of rotatable bonds is 9. The zero-order chi connectivity index (χ0) is 24.8. The van der Waals surface area contributed by atoms with Crippen LogP contribution in [0.1, 0.15) is 38.1 Å². The van der Waals surface area contributed by atoms with Crippen molar-refractivity contribution in [2.24, 2.45) is 5.92 Å². The van der Waals surface area contributed by atoms with Crippen LogP contribution in [0.5, 0.6) is 11.5 Å². The van der Waals surface area contributed by atoms with Crippen molar-refractivity contribution in [1.29, 1.82) is 0 Å². The molecule has 1 aromatic heterocycles. The summed E-state index contributed by atoms with van der Waals surface area (Å²) in [5.41, 5.74) is 1.83. The molecule has 1 aliphatic rings. The third-order valence-corrected chi connectivity index (χ3v) is 6.20. The SMILES string of the molecule is COc1cc(CNC(=O)C2CCN(Cc3nc(-c4ccc(Cl)cc4)no3)CC2)ccc1OC(C)C. The zero-order valence-corrected chi connectivity index (χ0v) is 21.0. The van der Waals surface area contributed by atoms with Gasteiger partial charge in [-0.25, -0.2) is 0 Å². The zero-order valence-electron chi connectivity index (χ0n) is 20.3. The van der Waals surface area contributed by atoms with Crippen molar-refractivity contribution >= 4 is 17.5 Å². The maximum atomic E-state index is 12.8. The van der Waals surface area contributed by atoms with E-state index in [1.54, 1.807) is 19.2 Å². The average molecular weight is 499 g/mol. The maximum Gasteiger partial charge on any atom is 0.241 e. The van der Waals surface area contributed by atoms with E-state index in [4.69, 9.17) is 25.6 Å². The van der Waals surface area contributed by atoms with Crippen molar-refractivity contribution in [3.05, 3.63) is 58.9 Å². The van der Waals surface area contributed by atoms with Gasteiger partial charge in [-0.05, 0) is 81.7 Å². The van der Waals surface area contributed by atoms with Crippen LogP contribution >= 0.6 is 11.6 Å². The van der Waals surface area contributed by atoms with E-state index in [9.17, 15) is 4.79 Å². The molecule has 1 fully saturated rings. The number of amides is 1. The molecule has 1 aliphatic heterocycles. The van der Waals surface area contributed by atoms with Gasteiger partial charge in [-0.1, -0.05) is 22.8 Å². The van der Waals surface area contributed by atoms with Crippen LogP contribution in [0.15, 0.2) is 47.0 Å². The second-order valence-corrected chi connectivity index (χ2v) is 9.38. The summed E-state index contributed by atoms with van der Waals surface area (Å²) >= 11 is 5.94. The molecule has 4 rings (SSSR count). The van der Waals surface area contributed by atoms with Gasteiger partial charge >= 0.3 is 0 Å². The number of hydrogen-bond donors (Lipinski definition) is 1. The number of nitrogens with zero attached hydrogens (tertiary/aromatic N) is 3. The van der Waals surface area contributed by atoms with Gasteiger partial charge in [0.25, 0.3) is 0 Å². The minimum Gasteiger partial charge on any atom is -0.493 e. The van der Waals surface area contributed by atoms with Gasteiger partial charge in [0.05, 0.1) is 19.8 Å². The first kappa shape index (κ1) is 25.0. The average Bonchev–Trinajstić information content (AvgIpc) is 3.32. The number of halogens is 1. The Balaban J connectivity index is 1.24. The molecule has 0 atom stereocenters. The van der Waals surface area contributed by atoms with E-state index in [0.717, 1.165) is 37.1 Å². The van der Waals surface area contributed by atoms with Gasteiger partial charge in [-0.3, -0.25) is 9.69 Å². The van der Waals surface area contributed by atoms with Gasteiger partial charge in [0.1, 0.15) is 0 Å². The molecular formula is C26H31ClN4O4. The molecule has 0 aliphatic carbocycles. The van der Waals surface area contributed by atoms with Gasteiger partial charge < -0.3 is 19.3 Å². The topological polar surface area (TPSA) is 89.7 Å². The van der Waals surface area contributed by atoms with Crippen molar-refractivity contribution in [2.45, 2.75) is 45.9 Å². The number of likely N-dealkylation sites (tertiary alicyclic amines) is 1. The highest BCUT2D eigenvalue weighted by Crippen LogP contribution is 2.29. The normalized spacial score (nSPS) is 14.8. The summed E-state index contributed by atoms with van der Waals surface area (Å²) in [4.78, 5) is 19.5. The van der Waals surface area contributed by atoms with E-state index in [0.29, 0.717) is 41.3 Å². The van der Waals surface area contributed by atoms with Crippen molar-refractivity contribution < 1.29 is 18.8 Å². The lowest BCUT2D eigenvalue weighted by molar-refractivity contribution is -0.126. The second kappa shape index (κ2) is 11.6. The first-order chi connectivity index (χ1) is 16.9. The summed E-state index contributed by atoms with van der Waals surface area (Å²) in [6, 6.07) is 13.1. The van der Waals surface area contributed by atoms with Gasteiger partial charge in [-0.2, -0.15) is 4.98 Å². The van der Waals surface area contributed by atoms with Crippen molar-refractivity contribution in [1.82, 2.24) is 20.4 Å². The predicted molar refractivity (Wildman–Crippen MR) is 133 cm³/mol. The fraction of sp³-hybridized carbons (Fsp3) is 0.423. The molecule has 0 spiro atoms. The predicted octanol–water partition coefficient (Wildman–Crippen LogP) is 4.71. The number of carbonyl (C=O) groups is 1. The summed E-state index contributed by atoms with van der Waals surface area (Å²) in [5, 5.41) is 7.80. The van der Waals surface area contributed by atoms with E-state index in [1.165, 1.54) is 0 Å². The first-order valence-corrected chi connectivity index (χ1v) is 12.2. The van der Waals surface area contributed by atoms with Gasteiger partial charge in [0, 0.05) is 23.0 Å². The Morgan fingerprint density at radius 2 is 1.91 bits per heavy atom. The van der Waals surface area contributed by atoms with Crippen molar-refractivity contribution in [3.8, 4) is 22.9 Å². The molecule has 1 N–H and O–H groups in total. The van der Waals surface area contributed by atoms with E-state index in [1.807, 2.05) is 44.2 Å². The van der Waals surface area contributed by atoms with E-state index in [-0.39, 0.29) is 17.9 Å². The Bertz CT molecular complexity index is 1120. The van der Waals surface area contributed by atoms with Crippen LogP contribution in [0.25, 0.3) is 11.4 Å². The number of benzene rings is 2. The standard InChI is InChI=1S/C26H31ClN4O4/c1-17(2)34-22-9-4-18(14-23(22)33-3)15-28-26(32)20-10-12-31(13-11-20)16-24-29-25(30-35-24)19-5-7-21(27)8-6-19/h4-9,14,17,20H,10-13,15-16H2,1-3H3,(H,28,32). The lowest BCUT2D eigenvalue weighted by atomic mass is 9.96. The van der Waals surface area contributed by atoms with Crippen LogP contribution in [-0.2, 0) is 17.9 Å². The molecule has 3 aromatic rings. The number of aromatic nitrogens is 2. The molecule has 1 amide bonds. The molecule has 35 heavy (non-hydrogen) atoms. The first-order valence-electron chi connectivity index (χ1n) is 11.8. The molecule has 8 nitrogen and oxygen atoms in total. The summed E-state index contributed by atoms with van der Waals surface area (Å²) in [7, 11) is 1.62. The Hall–Kier alpha value is -3.10. The summed E-state index contributed by atoms with van der Waals surface area (Å²) in [6.07, 6.45) is 1.63. The molecule has 9 heteroatoms. The van der Waals surface area contributed by atoms with Crippen LogP contribution in [0.4, 0.5) is 0 Å². The van der Waals surface area contributed by atoms with Crippen LogP contribution < -0.4 is 14.8 Å². The number of methoxy groups -OCH3 is 1. The molecular weight excluding hydrogens is 468 g/mol. The maximum absolute atomic E-state index is 12.8. The third kappa shape index (κ3) is 6.74. The third-order valence-electron chi connectivity index (χ3n) is 5.95. The van der Waals surface area contributed by atoms with Crippen LogP contribution in [0.2, 0.25) is 5.02 Å². The van der Waals surface area contributed by atoms with E-state index >= 15 is 0 Å². The van der Waals surface area contributed by atoms with Crippen LogP contribution in [0.3, 0.4) is 0 Å². The minimum atomic E-state index is -0.0102. The molecule has 0 unspecified atom stereocenters. The quantitative estimate of drug-likeness (QED) is 0.456. The lowest BCUT2D eigenvalue weighted by Crippen LogP contribution is -2.40. The molecule has 186 valence electrons. The minimum absolute atomic E-state index is 0.0102. The van der Waals surface area contributed by atoms with Crippen LogP contribution in [0, 0.1) is 5.92 Å². The smallest absolute Gasteiger partial charge is 0.241 e. The number of ether oxygens (including phenoxy) is 2. The highest BCUT2D eigenvalue weighted by molar-refractivity contribution is 6.30. The molecule has 1 saturated heterocycles. The summed E-state index contributed by atoms with van der Waals surface area (Å²) in [6.45, 7) is 6.56. The summed E-state index contributed by atoms with van der Waals surface area (Å²) < 4.78 is 16.6. The van der Waals surface area contributed by atoms with Gasteiger partial charge in [0.15, 0.2) is 11.5 Å². The largest absolute Gasteiger partial charge is 0.493 e. The Labute approximate surface area is 210 Å². The molecule has 0 radical (unpaired) electrons. The van der Waals surface area contributed by atoms with Gasteiger partial charge in [-0.15, -0.1) is 0 Å². The van der Waals surface area contributed by atoms with Gasteiger partial charge in [0.2, 0.25) is 17.6 Å². The fourth-order valence-electron chi connectivity index (χ4n) is 4.09. The molecule has 0 bridgehead atoms. The van der Waals surface area contributed by atoms with E-state index in [2.05, 4.69) is 20.4 Å². The lowest BCUT2D eigenvalue weighted by Gasteiger charge is -2.30. The highest BCUT2D eigenvalue weighted by atomic mass is 35.5. The number of hydrogen-bond acceptors (Lipinski definition) is 7. The second-order valence-electron chi connectivity index (χ2n) is 8.94. The van der Waals surface area contributed by atoms with E-state index < -0.39 is 0 Å². The van der Waals surface area contributed by atoms with Crippen molar-refractivity contribution in [3.63, 3.8) is 0 Å². The highest BCUT2D eigenvalue weighted by Gasteiger charge is 2.26. The molecule has 0 saturated carbocycles. The van der Waals surface area contributed by atoms with Crippen molar-refractivity contribution in [2.75, 3.05) is 20.2 Å². The number of carbonyl (C=O) groups excluding carboxylic acids is 1. The molecule has 2 heterocycles. The summed E-state index contributed by atoms with van der Waals surface area (Å²) in [5.74, 6) is 2.55. The Morgan fingerprint density at radius 1 is 1.17 bits per heavy atom. The number of piperidine rings is 1. The number of nitrogens with one attached hydrogen (secondary N) is 1. The Morgan fingerprint density at radius 3 is 2.60 bits per heavy atom. The monoisotopic (exact) mass is 498 g/mol. The van der Waals surface area contributed by atoms with Crippen LogP contribution in [-0.4, -0.2) is 47.3 Å².